The van der Waals surface area contributed by atoms with Crippen molar-refractivity contribution in [2.45, 2.75) is 26.3 Å². The van der Waals surface area contributed by atoms with Crippen molar-refractivity contribution in [3.8, 4) is 0 Å². The quantitative estimate of drug-likeness (QED) is 0.936. The molecule has 0 aliphatic carbocycles. The van der Waals surface area contributed by atoms with Gasteiger partial charge in [0.15, 0.2) is 0 Å². The molecule has 0 unspecified atom stereocenters. The van der Waals surface area contributed by atoms with Gasteiger partial charge in [0.05, 0.1) is 6.54 Å². The van der Waals surface area contributed by atoms with E-state index in [0.29, 0.717) is 19.5 Å². The fourth-order valence-corrected chi connectivity index (χ4v) is 3.21. The van der Waals surface area contributed by atoms with Crippen LogP contribution in [-0.2, 0) is 22.6 Å². The Morgan fingerprint density at radius 2 is 1.76 bits per heavy atom. The summed E-state index contributed by atoms with van der Waals surface area (Å²) in [6.07, 6.45) is 0.986. The van der Waals surface area contributed by atoms with Crippen molar-refractivity contribution >= 4 is 23.1 Å². The first-order valence-electron chi connectivity index (χ1n) is 8.45. The van der Waals surface area contributed by atoms with Gasteiger partial charge in [-0.1, -0.05) is 49.0 Å². The van der Waals surface area contributed by atoms with Gasteiger partial charge in [0, 0.05) is 25.6 Å². The molecule has 4 nitrogen and oxygen atoms in total. The highest BCUT2D eigenvalue weighted by atomic mass is 16.2. The second-order valence-corrected chi connectivity index (χ2v) is 6.28. The van der Waals surface area contributed by atoms with Gasteiger partial charge in [-0.05, 0) is 34.8 Å². The van der Waals surface area contributed by atoms with E-state index < -0.39 is 0 Å². The Labute approximate surface area is 148 Å². The first kappa shape index (κ1) is 17.0. The third kappa shape index (κ3) is 3.79. The Kier molecular flexibility index (Phi) is 4.98. The average Bonchev–Trinajstić information content (AvgIpc) is 2.59. The molecule has 4 heteroatoms. The molecule has 0 radical (unpaired) electrons. The number of carbonyl (C=O) groups is 2. The summed E-state index contributed by atoms with van der Waals surface area (Å²) in [6.45, 7) is 6.55. The zero-order valence-electron chi connectivity index (χ0n) is 14.4. The predicted octanol–water partition coefficient (Wildman–Crippen LogP) is 3.32. The minimum Gasteiger partial charge on any atom is -0.356 e. The maximum absolute atomic E-state index is 12.9. The van der Waals surface area contributed by atoms with Crippen molar-refractivity contribution in [2.24, 2.45) is 0 Å². The van der Waals surface area contributed by atoms with Gasteiger partial charge in [-0.15, -0.1) is 0 Å². The van der Waals surface area contributed by atoms with Gasteiger partial charge in [0.25, 0.3) is 0 Å². The van der Waals surface area contributed by atoms with Gasteiger partial charge in [0.1, 0.15) is 0 Å². The van der Waals surface area contributed by atoms with Crippen LogP contribution < -0.4 is 10.2 Å². The van der Waals surface area contributed by atoms with E-state index in [1.165, 1.54) is 6.92 Å². The molecule has 3 rings (SSSR count). The molecule has 0 saturated carbocycles. The molecule has 0 aromatic heterocycles. The lowest BCUT2D eigenvalue weighted by atomic mass is 9.92. The summed E-state index contributed by atoms with van der Waals surface area (Å²) in [5, 5.41) is 2.69. The Bertz CT molecular complexity index is 826. The fourth-order valence-electron chi connectivity index (χ4n) is 3.21. The monoisotopic (exact) mass is 334 g/mol. The third-order valence-corrected chi connectivity index (χ3v) is 4.43. The van der Waals surface area contributed by atoms with Crippen LogP contribution in [0.1, 0.15) is 30.0 Å². The van der Waals surface area contributed by atoms with Crippen LogP contribution in [0, 0.1) is 0 Å². The zero-order valence-corrected chi connectivity index (χ0v) is 14.4. The van der Waals surface area contributed by atoms with E-state index in [9.17, 15) is 9.59 Å². The summed E-state index contributed by atoms with van der Waals surface area (Å²) in [6, 6.07) is 16.0. The average molecular weight is 334 g/mol. The first-order valence-corrected chi connectivity index (χ1v) is 8.45. The summed E-state index contributed by atoms with van der Waals surface area (Å²) >= 11 is 0. The second-order valence-electron chi connectivity index (χ2n) is 6.28. The number of benzene rings is 2. The fraction of sp³-hybridized carbons (Fsp3) is 0.238. The smallest absolute Gasteiger partial charge is 0.229 e. The first-order chi connectivity index (χ1) is 12.1. The number of carbonyl (C=O) groups excluding carboxylic acids is 2. The van der Waals surface area contributed by atoms with E-state index >= 15 is 0 Å². The standard InChI is InChI=1S/C21H22N2O2/c1-15-13-17-7-4-6-10-20(17)23(21(25)11-12-22-16(2)24)14-18-8-3-5-9-19(15)18/h3-10H,1,11-14H2,2H3,(H,22,24). The SMILES string of the molecule is C=C1Cc2ccccc2N(C(=O)CCNC(C)=O)Cc2ccccc21. The van der Waals surface area contributed by atoms with Crippen molar-refractivity contribution in [3.63, 3.8) is 0 Å². The van der Waals surface area contributed by atoms with Crippen molar-refractivity contribution in [2.75, 3.05) is 11.4 Å². The molecule has 0 fully saturated rings. The Balaban J connectivity index is 1.95. The third-order valence-electron chi connectivity index (χ3n) is 4.43. The number of anilines is 1. The second kappa shape index (κ2) is 7.34. The van der Waals surface area contributed by atoms with Gasteiger partial charge in [0.2, 0.25) is 11.8 Å². The summed E-state index contributed by atoms with van der Waals surface area (Å²) in [5.41, 5.74) is 5.28. The summed E-state index contributed by atoms with van der Waals surface area (Å²) in [4.78, 5) is 25.7. The molecular weight excluding hydrogens is 312 g/mol. The van der Waals surface area contributed by atoms with Crippen LogP contribution in [0.3, 0.4) is 0 Å². The number of allylic oxidation sites excluding steroid dienone is 1. The molecule has 0 atom stereocenters. The van der Waals surface area contributed by atoms with E-state index in [0.717, 1.165) is 28.0 Å². The molecule has 1 aliphatic heterocycles. The van der Waals surface area contributed by atoms with E-state index in [1.807, 2.05) is 47.4 Å². The minimum absolute atomic E-state index is 0.00325. The normalized spacial score (nSPS) is 13.3. The van der Waals surface area contributed by atoms with E-state index in [-0.39, 0.29) is 18.2 Å². The largest absolute Gasteiger partial charge is 0.356 e. The molecule has 0 bridgehead atoms. The predicted molar refractivity (Wildman–Crippen MR) is 100 cm³/mol. The maximum atomic E-state index is 12.9. The lowest BCUT2D eigenvalue weighted by molar-refractivity contribution is -0.120. The van der Waals surface area contributed by atoms with Crippen LogP contribution >= 0.6 is 0 Å². The molecule has 0 spiro atoms. The molecule has 2 amide bonds. The number of hydrogen-bond acceptors (Lipinski definition) is 2. The minimum atomic E-state index is -0.123. The van der Waals surface area contributed by atoms with Gasteiger partial charge in [-0.3, -0.25) is 9.59 Å². The number of nitrogens with one attached hydrogen (secondary N) is 1. The Morgan fingerprint density at radius 3 is 2.52 bits per heavy atom. The number of nitrogens with zero attached hydrogens (tertiary/aromatic N) is 1. The van der Waals surface area contributed by atoms with E-state index in [2.05, 4.69) is 18.0 Å². The van der Waals surface area contributed by atoms with Crippen molar-refractivity contribution in [1.29, 1.82) is 0 Å². The number of hydrogen-bond donors (Lipinski definition) is 1. The maximum Gasteiger partial charge on any atom is 0.229 e. The lowest BCUT2D eigenvalue weighted by Crippen LogP contribution is -2.35. The van der Waals surface area contributed by atoms with Crippen molar-refractivity contribution in [3.05, 3.63) is 71.8 Å². The number of para-hydroxylation sites is 1. The molecule has 0 saturated heterocycles. The highest BCUT2D eigenvalue weighted by Crippen LogP contribution is 2.32. The summed E-state index contributed by atoms with van der Waals surface area (Å²) < 4.78 is 0. The van der Waals surface area contributed by atoms with Gasteiger partial charge in [-0.2, -0.15) is 0 Å². The number of amides is 2. The molecule has 2 aromatic carbocycles. The van der Waals surface area contributed by atoms with Gasteiger partial charge < -0.3 is 10.2 Å². The van der Waals surface area contributed by atoms with Gasteiger partial charge >= 0.3 is 0 Å². The molecule has 128 valence electrons. The highest BCUT2D eigenvalue weighted by molar-refractivity contribution is 5.95. The molecule has 2 aromatic rings. The topological polar surface area (TPSA) is 49.4 Å². The molecule has 1 aliphatic rings. The Hall–Kier alpha value is -2.88. The van der Waals surface area contributed by atoms with E-state index in [4.69, 9.17) is 0 Å². The Morgan fingerprint density at radius 1 is 1.08 bits per heavy atom. The van der Waals surface area contributed by atoms with Crippen LogP contribution in [0.15, 0.2) is 55.1 Å². The number of fused-ring (bicyclic) bond motifs is 2. The van der Waals surface area contributed by atoms with Crippen LogP contribution in [0.2, 0.25) is 0 Å². The van der Waals surface area contributed by atoms with Crippen LogP contribution in [0.5, 0.6) is 0 Å². The van der Waals surface area contributed by atoms with Crippen molar-refractivity contribution in [1.82, 2.24) is 5.32 Å². The molecule has 1 heterocycles. The molecule has 1 N–H and O–H groups in total. The molecular formula is C21H22N2O2. The van der Waals surface area contributed by atoms with E-state index in [1.54, 1.807) is 0 Å². The van der Waals surface area contributed by atoms with Crippen LogP contribution in [-0.4, -0.2) is 18.4 Å². The molecule has 25 heavy (non-hydrogen) atoms. The number of rotatable bonds is 3. The summed E-state index contributed by atoms with van der Waals surface area (Å²) in [7, 11) is 0. The van der Waals surface area contributed by atoms with Crippen molar-refractivity contribution < 1.29 is 9.59 Å². The summed E-state index contributed by atoms with van der Waals surface area (Å²) in [5.74, 6) is -0.119. The highest BCUT2D eigenvalue weighted by Gasteiger charge is 2.23. The van der Waals surface area contributed by atoms with Crippen LogP contribution in [0.4, 0.5) is 5.69 Å². The zero-order chi connectivity index (χ0) is 17.8. The van der Waals surface area contributed by atoms with Gasteiger partial charge in [-0.25, -0.2) is 0 Å². The van der Waals surface area contributed by atoms with Crippen LogP contribution in [0.25, 0.3) is 5.57 Å². The lowest BCUT2D eigenvalue weighted by Gasteiger charge is -2.29.